The van der Waals surface area contributed by atoms with Gasteiger partial charge in [0.1, 0.15) is 15.9 Å². The number of aromatic nitrogens is 3. The van der Waals surface area contributed by atoms with Crippen LogP contribution in [0, 0.1) is 6.92 Å². The van der Waals surface area contributed by atoms with Gasteiger partial charge in [-0.1, -0.05) is 29.0 Å². The van der Waals surface area contributed by atoms with E-state index in [9.17, 15) is 0 Å². The highest BCUT2D eigenvalue weighted by molar-refractivity contribution is 7.14. The number of pyridine rings is 1. The second-order valence-corrected chi connectivity index (χ2v) is 4.04. The summed E-state index contributed by atoms with van der Waals surface area (Å²) < 4.78 is 0. The summed E-state index contributed by atoms with van der Waals surface area (Å²) in [5.74, 6) is 0. The van der Waals surface area contributed by atoms with Crippen LogP contribution in [0.4, 0.5) is 0 Å². The Balaban J connectivity index is 2.46. The largest absolute Gasteiger partial charge is 0.234 e. The van der Waals surface area contributed by atoms with Crippen LogP contribution in [0.25, 0.3) is 10.7 Å². The lowest BCUT2D eigenvalue weighted by Crippen LogP contribution is -1.82. The number of rotatable bonds is 1. The Morgan fingerprint density at radius 1 is 1.31 bits per heavy atom. The van der Waals surface area contributed by atoms with E-state index in [1.165, 1.54) is 11.3 Å². The average molecular weight is 212 g/mol. The fourth-order valence-electron chi connectivity index (χ4n) is 0.927. The van der Waals surface area contributed by atoms with Gasteiger partial charge in [-0.25, -0.2) is 4.98 Å². The highest BCUT2D eigenvalue weighted by Gasteiger charge is 2.04. The standard InChI is InChI=1S/C8H6ClN3S/c1-5-11-12-8(13-5)6-3-2-4-7(9)10-6/h2-4H,1H3. The molecular formula is C8H6ClN3S. The first kappa shape index (κ1) is 8.59. The van der Waals surface area contributed by atoms with Crippen LogP contribution in [0.1, 0.15) is 5.01 Å². The molecular weight excluding hydrogens is 206 g/mol. The molecule has 0 aliphatic rings. The van der Waals surface area contributed by atoms with Crippen LogP contribution >= 0.6 is 22.9 Å². The van der Waals surface area contributed by atoms with Crippen molar-refractivity contribution in [1.29, 1.82) is 0 Å². The fourth-order valence-corrected chi connectivity index (χ4v) is 1.75. The van der Waals surface area contributed by atoms with Crippen molar-refractivity contribution in [3.05, 3.63) is 28.4 Å². The molecule has 2 aromatic rings. The topological polar surface area (TPSA) is 38.7 Å². The zero-order valence-electron chi connectivity index (χ0n) is 6.86. The van der Waals surface area contributed by atoms with Gasteiger partial charge in [0.2, 0.25) is 0 Å². The molecule has 13 heavy (non-hydrogen) atoms. The first-order valence-electron chi connectivity index (χ1n) is 3.69. The molecule has 2 rings (SSSR count). The summed E-state index contributed by atoms with van der Waals surface area (Å²) in [5, 5.41) is 10.1. The van der Waals surface area contributed by atoms with Crippen molar-refractivity contribution in [1.82, 2.24) is 15.2 Å². The normalized spacial score (nSPS) is 10.3. The minimum Gasteiger partial charge on any atom is -0.234 e. The van der Waals surface area contributed by atoms with E-state index in [-0.39, 0.29) is 0 Å². The van der Waals surface area contributed by atoms with E-state index in [1.807, 2.05) is 19.1 Å². The molecule has 2 aromatic heterocycles. The van der Waals surface area contributed by atoms with Crippen molar-refractivity contribution in [2.75, 3.05) is 0 Å². The van der Waals surface area contributed by atoms with Gasteiger partial charge in [0.25, 0.3) is 0 Å². The molecule has 2 heterocycles. The van der Waals surface area contributed by atoms with Crippen molar-refractivity contribution in [2.24, 2.45) is 0 Å². The third-order valence-electron chi connectivity index (χ3n) is 1.46. The van der Waals surface area contributed by atoms with Gasteiger partial charge < -0.3 is 0 Å². The van der Waals surface area contributed by atoms with Crippen molar-refractivity contribution >= 4 is 22.9 Å². The van der Waals surface area contributed by atoms with Gasteiger partial charge in [0.05, 0.1) is 0 Å². The lowest BCUT2D eigenvalue weighted by atomic mass is 10.4. The summed E-state index contributed by atoms with van der Waals surface area (Å²) in [6, 6.07) is 5.45. The van der Waals surface area contributed by atoms with E-state index < -0.39 is 0 Å². The van der Waals surface area contributed by atoms with Gasteiger partial charge in [-0.2, -0.15) is 0 Å². The molecule has 0 unspecified atom stereocenters. The Morgan fingerprint density at radius 3 is 2.77 bits per heavy atom. The minimum absolute atomic E-state index is 0.477. The molecule has 0 radical (unpaired) electrons. The van der Waals surface area contributed by atoms with Crippen LogP contribution in [0.2, 0.25) is 5.15 Å². The third-order valence-corrected chi connectivity index (χ3v) is 2.53. The molecule has 3 nitrogen and oxygen atoms in total. The van der Waals surface area contributed by atoms with Gasteiger partial charge in [0, 0.05) is 0 Å². The van der Waals surface area contributed by atoms with E-state index in [2.05, 4.69) is 15.2 Å². The van der Waals surface area contributed by atoms with Crippen molar-refractivity contribution in [2.45, 2.75) is 6.92 Å². The Bertz CT molecular complexity index is 427. The Kier molecular flexibility index (Phi) is 2.24. The molecule has 0 atom stereocenters. The van der Waals surface area contributed by atoms with Crippen LogP contribution in [0.15, 0.2) is 18.2 Å². The molecule has 0 aromatic carbocycles. The Morgan fingerprint density at radius 2 is 2.15 bits per heavy atom. The summed E-state index contributed by atoms with van der Waals surface area (Å²) in [6.07, 6.45) is 0. The monoisotopic (exact) mass is 211 g/mol. The van der Waals surface area contributed by atoms with Gasteiger partial charge >= 0.3 is 0 Å². The zero-order chi connectivity index (χ0) is 9.26. The van der Waals surface area contributed by atoms with E-state index >= 15 is 0 Å². The number of aryl methyl sites for hydroxylation is 1. The molecule has 66 valence electrons. The molecule has 0 spiro atoms. The Labute approximate surface area is 84.4 Å². The molecule has 0 aliphatic carbocycles. The lowest BCUT2D eigenvalue weighted by Gasteiger charge is -1.93. The number of hydrogen-bond acceptors (Lipinski definition) is 4. The smallest absolute Gasteiger partial charge is 0.166 e. The average Bonchev–Trinajstić information content (AvgIpc) is 2.52. The highest BCUT2D eigenvalue weighted by atomic mass is 35.5. The molecule has 5 heteroatoms. The summed E-state index contributed by atoms with van der Waals surface area (Å²) in [4.78, 5) is 4.13. The summed E-state index contributed by atoms with van der Waals surface area (Å²) in [6.45, 7) is 1.91. The predicted octanol–water partition coefficient (Wildman–Crippen LogP) is 2.56. The highest BCUT2D eigenvalue weighted by Crippen LogP contribution is 2.21. The SMILES string of the molecule is Cc1nnc(-c2cccc(Cl)n2)s1. The summed E-state index contributed by atoms with van der Waals surface area (Å²) >= 11 is 7.25. The van der Waals surface area contributed by atoms with Crippen LogP contribution < -0.4 is 0 Å². The maximum absolute atomic E-state index is 5.75. The molecule has 0 saturated heterocycles. The number of nitrogens with zero attached hydrogens (tertiary/aromatic N) is 3. The van der Waals surface area contributed by atoms with Gasteiger partial charge in [-0.15, -0.1) is 10.2 Å². The second kappa shape index (κ2) is 3.40. The first-order chi connectivity index (χ1) is 6.25. The fraction of sp³-hybridized carbons (Fsp3) is 0.125. The van der Waals surface area contributed by atoms with E-state index in [1.54, 1.807) is 6.07 Å². The maximum Gasteiger partial charge on any atom is 0.166 e. The zero-order valence-corrected chi connectivity index (χ0v) is 8.43. The number of hydrogen-bond donors (Lipinski definition) is 0. The van der Waals surface area contributed by atoms with Crippen molar-refractivity contribution < 1.29 is 0 Å². The van der Waals surface area contributed by atoms with Gasteiger partial charge in [-0.3, -0.25) is 0 Å². The van der Waals surface area contributed by atoms with Crippen LogP contribution in [-0.2, 0) is 0 Å². The molecule has 0 fully saturated rings. The maximum atomic E-state index is 5.75. The second-order valence-electron chi connectivity index (χ2n) is 2.47. The quantitative estimate of drug-likeness (QED) is 0.681. The van der Waals surface area contributed by atoms with E-state index in [4.69, 9.17) is 11.6 Å². The summed E-state index contributed by atoms with van der Waals surface area (Å²) in [5.41, 5.74) is 0.776. The lowest BCUT2D eigenvalue weighted by molar-refractivity contribution is 1.05. The molecule has 0 aliphatic heterocycles. The van der Waals surface area contributed by atoms with E-state index in [0.29, 0.717) is 5.15 Å². The van der Waals surface area contributed by atoms with Crippen LogP contribution in [0.5, 0.6) is 0 Å². The molecule has 0 amide bonds. The third kappa shape index (κ3) is 1.84. The first-order valence-corrected chi connectivity index (χ1v) is 4.88. The predicted molar refractivity (Wildman–Crippen MR) is 52.9 cm³/mol. The van der Waals surface area contributed by atoms with E-state index in [0.717, 1.165) is 15.7 Å². The Hall–Kier alpha value is -1.00. The molecule has 0 N–H and O–H groups in total. The van der Waals surface area contributed by atoms with Crippen molar-refractivity contribution in [3.63, 3.8) is 0 Å². The van der Waals surface area contributed by atoms with Gasteiger partial charge in [0.15, 0.2) is 5.01 Å². The summed E-state index contributed by atoms with van der Waals surface area (Å²) in [7, 11) is 0. The molecule has 0 bridgehead atoms. The minimum atomic E-state index is 0.477. The van der Waals surface area contributed by atoms with Crippen LogP contribution in [0.3, 0.4) is 0 Å². The van der Waals surface area contributed by atoms with Gasteiger partial charge in [-0.05, 0) is 19.1 Å². The molecule has 0 saturated carbocycles. The van der Waals surface area contributed by atoms with Crippen molar-refractivity contribution in [3.8, 4) is 10.7 Å². The van der Waals surface area contributed by atoms with Crippen LogP contribution in [-0.4, -0.2) is 15.2 Å². The number of halogens is 1.